The highest BCUT2D eigenvalue weighted by Gasteiger charge is 2.54. The largest absolute Gasteiger partial charge is 0.465 e. The van der Waals surface area contributed by atoms with Crippen molar-refractivity contribution in [3.63, 3.8) is 0 Å². The maximum absolute atomic E-state index is 12.7. The number of ether oxygens (including phenoxy) is 2. The molecule has 2 aliphatic carbocycles. The van der Waals surface area contributed by atoms with Crippen molar-refractivity contribution < 1.29 is 19.1 Å². The Morgan fingerprint density at radius 1 is 1.03 bits per heavy atom. The summed E-state index contributed by atoms with van der Waals surface area (Å²) in [5.74, 6) is 1.72. The van der Waals surface area contributed by atoms with Crippen LogP contribution in [0.3, 0.4) is 0 Å². The molecule has 2 aromatic rings. The minimum absolute atomic E-state index is 0.111. The van der Waals surface area contributed by atoms with Gasteiger partial charge in [-0.15, -0.1) is 0 Å². The molecule has 156 valence electrons. The quantitative estimate of drug-likeness (QED) is 0.730. The summed E-state index contributed by atoms with van der Waals surface area (Å²) in [7, 11) is 1.40. The zero-order valence-electron chi connectivity index (χ0n) is 17.4. The Kier molecular flexibility index (Phi) is 4.76. The van der Waals surface area contributed by atoms with Gasteiger partial charge in [-0.3, -0.25) is 0 Å². The normalized spacial score (nSPS) is 28.3. The predicted octanol–water partition coefficient (Wildman–Crippen LogP) is 4.95. The highest BCUT2D eigenvalue weighted by Crippen LogP contribution is 2.64. The summed E-state index contributed by atoms with van der Waals surface area (Å²) < 4.78 is 10.2. The van der Waals surface area contributed by atoms with Crippen molar-refractivity contribution in [3.05, 3.63) is 64.7 Å². The number of rotatable bonds is 4. The van der Waals surface area contributed by atoms with E-state index in [-0.39, 0.29) is 18.0 Å². The van der Waals surface area contributed by atoms with Gasteiger partial charge in [0.15, 0.2) is 0 Å². The topological polar surface area (TPSA) is 64.6 Å². The molecule has 5 heteroatoms. The SMILES string of the molecule is CCOC(=O)c1cccc2c1N[C@H](c1ccc(C(=O)OC)cc1)[C@H]1[C@H]3CC[C@@H](C3)[C@H]21. The van der Waals surface area contributed by atoms with Gasteiger partial charge in [-0.1, -0.05) is 24.3 Å². The molecule has 5 nitrogen and oxygen atoms in total. The van der Waals surface area contributed by atoms with Gasteiger partial charge in [0.05, 0.1) is 36.6 Å². The lowest BCUT2D eigenvalue weighted by Gasteiger charge is -2.44. The molecule has 3 aliphatic rings. The average Bonchev–Trinajstić information content (AvgIpc) is 3.40. The van der Waals surface area contributed by atoms with Crippen LogP contribution in [-0.4, -0.2) is 25.7 Å². The molecule has 2 fully saturated rings. The Bertz CT molecular complexity index is 983. The van der Waals surface area contributed by atoms with Crippen LogP contribution in [0.15, 0.2) is 42.5 Å². The first kappa shape index (κ1) is 19.2. The molecular weight excluding hydrogens is 378 g/mol. The Balaban J connectivity index is 1.57. The van der Waals surface area contributed by atoms with Crippen molar-refractivity contribution in [3.8, 4) is 0 Å². The van der Waals surface area contributed by atoms with Crippen molar-refractivity contribution in [2.45, 2.75) is 38.1 Å². The Morgan fingerprint density at radius 2 is 1.80 bits per heavy atom. The van der Waals surface area contributed by atoms with Gasteiger partial charge in [-0.25, -0.2) is 9.59 Å². The molecule has 1 aliphatic heterocycles. The Labute approximate surface area is 176 Å². The van der Waals surface area contributed by atoms with E-state index in [4.69, 9.17) is 9.47 Å². The number of para-hydroxylation sites is 1. The van der Waals surface area contributed by atoms with E-state index in [0.717, 1.165) is 11.3 Å². The molecule has 1 heterocycles. The van der Waals surface area contributed by atoms with E-state index < -0.39 is 0 Å². The lowest BCUT2D eigenvalue weighted by molar-refractivity contribution is 0.0525. The summed E-state index contributed by atoms with van der Waals surface area (Å²) >= 11 is 0. The van der Waals surface area contributed by atoms with E-state index in [1.54, 1.807) is 0 Å². The van der Waals surface area contributed by atoms with Gasteiger partial charge in [0.1, 0.15) is 0 Å². The number of methoxy groups -OCH3 is 1. The van der Waals surface area contributed by atoms with E-state index in [1.165, 1.54) is 31.9 Å². The third-order valence-electron chi connectivity index (χ3n) is 7.31. The standard InChI is InChI=1S/C25H27NO4/c1-3-30-25(28)19-6-4-5-18-20-16-11-12-17(13-16)21(20)22(26-23(18)19)14-7-9-15(10-8-14)24(27)29-2/h4-10,16-17,20-22,26H,3,11-13H2,1-2H3/t16-,17-,20+,21-,22+/m0/s1. The van der Waals surface area contributed by atoms with Crippen LogP contribution in [0.1, 0.15) is 70.0 Å². The molecule has 0 spiro atoms. The summed E-state index contributed by atoms with van der Waals surface area (Å²) in [6, 6.07) is 13.8. The fourth-order valence-corrected chi connectivity index (χ4v) is 6.17. The number of esters is 2. The first-order valence-corrected chi connectivity index (χ1v) is 10.9. The number of nitrogens with one attached hydrogen (secondary N) is 1. The Hall–Kier alpha value is -2.82. The van der Waals surface area contributed by atoms with Crippen LogP contribution in [0.25, 0.3) is 0 Å². The fourth-order valence-electron chi connectivity index (χ4n) is 6.17. The molecule has 2 saturated carbocycles. The summed E-state index contributed by atoms with van der Waals surface area (Å²) in [6.45, 7) is 2.19. The summed E-state index contributed by atoms with van der Waals surface area (Å²) in [6.07, 6.45) is 3.80. The number of hydrogen-bond donors (Lipinski definition) is 1. The molecule has 5 atom stereocenters. The monoisotopic (exact) mass is 405 g/mol. The van der Waals surface area contributed by atoms with E-state index >= 15 is 0 Å². The molecule has 0 aromatic heterocycles. The first-order chi connectivity index (χ1) is 14.6. The second kappa shape index (κ2) is 7.46. The van der Waals surface area contributed by atoms with Crippen LogP contribution < -0.4 is 5.32 Å². The minimum Gasteiger partial charge on any atom is -0.465 e. The van der Waals surface area contributed by atoms with Gasteiger partial charge in [-0.05, 0) is 79.2 Å². The molecule has 0 saturated heterocycles. The second-order valence-electron chi connectivity index (χ2n) is 8.66. The molecule has 1 N–H and O–H groups in total. The van der Waals surface area contributed by atoms with Crippen LogP contribution in [-0.2, 0) is 9.47 Å². The third kappa shape index (κ3) is 2.91. The van der Waals surface area contributed by atoms with Crippen molar-refractivity contribution in [1.29, 1.82) is 0 Å². The number of hydrogen-bond acceptors (Lipinski definition) is 5. The molecule has 5 rings (SSSR count). The zero-order chi connectivity index (χ0) is 20.8. The van der Waals surface area contributed by atoms with Gasteiger partial charge in [0, 0.05) is 0 Å². The molecule has 0 radical (unpaired) electrons. The van der Waals surface area contributed by atoms with Crippen molar-refractivity contribution in [2.24, 2.45) is 17.8 Å². The van der Waals surface area contributed by atoms with Gasteiger partial charge in [-0.2, -0.15) is 0 Å². The highest BCUT2D eigenvalue weighted by molar-refractivity contribution is 5.97. The summed E-state index contributed by atoms with van der Waals surface area (Å²) in [5.41, 5.74) is 4.50. The maximum atomic E-state index is 12.7. The maximum Gasteiger partial charge on any atom is 0.340 e. The molecule has 30 heavy (non-hydrogen) atoms. The third-order valence-corrected chi connectivity index (χ3v) is 7.31. The zero-order valence-corrected chi connectivity index (χ0v) is 17.4. The first-order valence-electron chi connectivity index (χ1n) is 10.9. The molecule has 2 bridgehead atoms. The van der Waals surface area contributed by atoms with Crippen molar-refractivity contribution in [2.75, 3.05) is 19.0 Å². The number of fused-ring (bicyclic) bond motifs is 7. The number of carbonyl (C=O) groups excluding carboxylic acids is 2. The number of benzene rings is 2. The van der Waals surface area contributed by atoms with E-state index in [1.807, 2.05) is 43.3 Å². The predicted molar refractivity (Wildman–Crippen MR) is 114 cm³/mol. The number of anilines is 1. The second-order valence-corrected chi connectivity index (χ2v) is 8.66. The molecular formula is C25H27NO4. The van der Waals surface area contributed by atoms with Crippen LogP contribution in [0.4, 0.5) is 5.69 Å². The molecule has 0 unspecified atom stereocenters. The number of carbonyl (C=O) groups is 2. The summed E-state index contributed by atoms with van der Waals surface area (Å²) in [4.78, 5) is 24.5. The van der Waals surface area contributed by atoms with Crippen LogP contribution in [0.5, 0.6) is 0 Å². The summed E-state index contributed by atoms with van der Waals surface area (Å²) in [5, 5.41) is 3.72. The van der Waals surface area contributed by atoms with Gasteiger partial charge in [0.2, 0.25) is 0 Å². The van der Waals surface area contributed by atoms with Crippen LogP contribution >= 0.6 is 0 Å². The lowest BCUT2D eigenvalue weighted by atomic mass is 9.67. The van der Waals surface area contributed by atoms with E-state index in [2.05, 4.69) is 11.4 Å². The lowest BCUT2D eigenvalue weighted by Crippen LogP contribution is -2.36. The van der Waals surface area contributed by atoms with Gasteiger partial charge < -0.3 is 14.8 Å². The van der Waals surface area contributed by atoms with Gasteiger partial charge in [0.25, 0.3) is 0 Å². The minimum atomic E-state index is -0.328. The van der Waals surface area contributed by atoms with E-state index in [0.29, 0.717) is 41.4 Å². The average molecular weight is 405 g/mol. The van der Waals surface area contributed by atoms with Crippen molar-refractivity contribution in [1.82, 2.24) is 0 Å². The van der Waals surface area contributed by atoms with Gasteiger partial charge >= 0.3 is 11.9 Å². The van der Waals surface area contributed by atoms with E-state index in [9.17, 15) is 9.59 Å². The van der Waals surface area contributed by atoms with Crippen molar-refractivity contribution >= 4 is 17.6 Å². The fraction of sp³-hybridized carbons (Fsp3) is 0.440. The van der Waals surface area contributed by atoms with Crippen LogP contribution in [0, 0.1) is 17.8 Å². The molecule has 0 amide bonds. The van der Waals surface area contributed by atoms with Crippen LogP contribution in [0.2, 0.25) is 0 Å². The Morgan fingerprint density at radius 3 is 2.53 bits per heavy atom. The highest BCUT2D eigenvalue weighted by atomic mass is 16.5. The smallest absolute Gasteiger partial charge is 0.340 e. The molecule has 2 aromatic carbocycles.